The molecule has 0 radical (unpaired) electrons. The van der Waals surface area contributed by atoms with E-state index in [4.69, 9.17) is 5.73 Å². The van der Waals surface area contributed by atoms with E-state index in [2.05, 4.69) is 37.3 Å². The molecule has 0 fully saturated rings. The molecule has 0 amide bonds. The predicted octanol–water partition coefficient (Wildman–Crippen LogP) is 1.63. The van der Waals surface area contributed by atoms with Crippen LogP contribution in [0.25, 0.3) is 0 Å². The third kappa shape index (κ3) is 6.03. The molecule has 1 atom stereocenters. The Kier molecular flexibility index (Phi) is 8.17. The average molecular weight is 244 g/mol. The van der Waals surface area contributed by atoms with Crippen molar-refractivity contribution in [2.24, 2.45) is 11.7 Å². The van der Waals surface area contributed by atoms with Gasteiger partial charge in [0.25, 0.3) is 0 Å². The zero-order chi connectivity index (χ0) is 13.4. The molecule has 0 aromatic rings. The Balaban J connectivity index is 4.51. The first-order chi connectivity index (χ1) is 7.96. The Morgan fingerprint density at radius 3 is 2.12 bits per heavy atom. The fourth-order valence-electron chi connectivity index (χ4n) is 2.13. The number of methoxy groups -OCH3 is 1. The molecule has 0 aliphatic carbocycles. The van der Waals surface area contributed by atoms with Crippen LogP contribution in [0.3, 0.4) is 0 Å². The second-order valence-corrected chi connectivity index (χ2v) is 4.95. The number of hydrogen-bond donors (Lipinski definition) is 1. The molecule has 4 heteroatoms. The van der Waals surface area contributed by atoms with Gasteiger partial charge in [0.05, 0.1) is 7.11 Å². The van der Waals surface area contributed by atoms with E-state index >= 15 is 0 Å². The summed E-state index contributed by atoms with van der Waals surface area (Å²) in [7, 11) is 1.38. The monoisotopic (exact) mass is 244 g/mol. The molecule has 2 N–H and O–H groups in total. The highest BCUT2D eigenvalue weighted by atomic mass is 16.5. The maximum Gasteiger partial charge on any atom is 0.323 e. The average Bonchev–Trinajstić information content (AvgIpc) is 2.28. The molecule has 4 nitrogen and oxygen atoms in total. The molecule has 0 saturated carbocycles. The van der Waals surface area contributed by atoms with Crippen LogP contribution >= 0.6 is 0 Å². The standard InChI is InChI=1S/C13H28N2O2/c1-6-11(7-2)15(8-10(3)4)9-12(14)13(16)17-5/h10-12H,6-9,14H2,1-5H3. The first-order valence-electron chi connectivity index (χ1n) is 6.53. The Bertz CT molecular complexity index is 215. The van der Waals surface area contributed by atoms with Gasteiger partial charge in [0.2, 0.25) is 0 Å². The summed E-state index contributed by atoms with van der Waals surface area (Å²) in [6, 6.07) is -0.0487. The van der Waals surface area contributed by atoms with E-state index in [1.807, 2.05) is 0 Å². The highest BCUT2D eigenvalue weighted by molar-refractivity contribution is 5.75. The quantitative estimate of drug-likeness (QED) is 0.659. The number of nitrogens with zero attached hydrogens (tertiary/aromatic N) is 1. The molecular formula is C13H28N2O2. The molecule has 0 aliphatic heterocycles. The Labute approximate surface area is 105 Å². The van der Waals surface area contributed by atoms with Gasteiger partial charge in [-0.3, -0.25) is 9.69 Å². The van der Waals surface area contributed by atoms with Crippen LogP contribution in [-0.2, 0) is 9.53 Å². The lowest BCUT2D eigenvalue weighted by atomic mass is 10.1. The molecule has 0 aromatic heterocycles. The van der Waals surface area contributed by atoms with Gasteiger partial charge < -0.3 is 10.5 Å². The minimum absolute atomic E-state index is 0.329. The van der Waals surface area contributed by atoms with E-state index < -0.39 is 6.04 Å². The Morgan fingerprint density at radius 2 is 1.76 bits per heavy atom. The van der Waals surface area contributed by atoms with E-state index in [0.717, 1.165) is 19.4 Å². The fraction of sp³-hybridized carbons (Fsp3) is 0.923. The molecule has 0 heterocycles. The molecular weight excluding hydrogens is 216 g/mol. The molecule has 0 aliphatic rings. The summed E-state index contributed by atoms with van der Waals surface area (Å²) in [5.41, 5.74) is 5.84. The van der Waals surface area contributed by atoms with Crippen LogP contribution < -0.4 is 5.73 Å². The smallest absolute Gasteiger partial charge is 0.323 e. The molecule has 0 rings (SSSR count). The van der Waals surface area contributed by atoms with E-state index in [-0.39, 0.29) is 5.97 Å². The van der Waals surface area contributed by atoms with Crippen molar-refractivity contribution in [2.75, 3.05) is 20.2 Å². The van der Waals surface area contributed by atoms with Crippen molar-refractivity contribution in [3.63, 3.8) is 0 Å². The number of carbonyl (C=O) groups excluding carboxylic acids is 1. The molecule has 0 aromatic carbocycles. The molecule has 1 unspecified atom stereocenters. The van der Waals surface area contributed by atoms with Crippen LogP contribution in [0.2, 0.25) is 0 Å². The highest BCUT2D eigenvalue weighted by Crippen LogP contribution is 2.12. The summed E-state index contributed by atoms with van der Waals surface area (Å²) < 4.78 is 4.67. The van der Waals surface area contributed by atoms with E-state index in [9.17, 15) is 4.79 Å². The largest absolute Gasteiger partial charge is 0.468 e. The Morgan fingerprint density at radius 1 is 1.24 bits per heavy atom. The summed E-state index contributed by atoms with van der Waals surface area (Å²) >= 11 is 0. The summed E-state index contributed by atoms with van der Waals surface area (Å²) in [5, 5.41) is 0. The predicted molar refractivity (Wildman–Crippen MR) is 70.8 cm³/mol. The Hall–Kier alpha value is -0.610. The fourth-order valence-corrected chi connectivity index (χ4v) is 2.13. The molecule has 17 heavy (non-hydrogen) atoms. The van der Waals surface area contributed by atoms with Crippen molar-refractivity contribution in [2.45, 2.75) is 52.6 Å². The summed E-state index contributed by atoms with van der Waals surface area (Å²) in [4.78, 5) is 13.7. The zero-order valence-corrected chi connectivity index (χ0v) is 11.9. The van der Waals surface area contributed by atoms with Crippen molar-refractivity contribution in [3.8, 4) is 0 Å². The number of nitrogens with two attached hydrogens (primary N) is 1. The van der Waals surface area contributed by atoms with Crippen molar-refractivity contribution in [1.29, 1.82) is 0 Å². The molecule has 102 valence electrons. The number of rotatable bonds is 8. The first-order valence-corrected chi connectivity index (χ1v) is 6.53. The second-order valence-electron chi connectivity index (χ2n) is 4.95. The molecule has 0 spiro atoms. The number of esters is 1. The lowest BCUT2D eigenvalue weighted by Gasteiger charge is -2.33. The van der Waals surface area contributed by atoms with Gasteiger partial charge >= 0.3 is 5.97 Å². The summed E-state index contributed by atoms with van der Waals surface area (Å²) in [6.07, 6.45) is 2.16. The molecule has 0 bridgehead atoms. The van der Waals surface area contributed by atoms with Crippen LogP contribution in [0.4, 0.5) is 0 Å². The van der Waals surface area contributed by atoms with Crippen LogP contribution in [0.1, 0.15) is 40.5 Å². The lowest BCUT2D eigenvalue weighted by molar-refractivity contribution is -0.142. The third-order valence-electron chi connectivity index (χ3n) is 2.99. The van der Waals surface area contributed by atoms with Gasteiger partial charge in [-0.15, -0.1) is 0 Å². The van der Waals surface area contributed by atoms with Crippen LogP contribution in [0, 0.1) is 5.92 Å². The van der Waals surface area contributed by atoms with Crippen molar-refractivity contribution in [1.82, 2.24) is 4.90 Å². The maximum absolute atomic E-state index is 11.4. The topological polar surface area (TPSA) is 55.6 Å². The van der Waals surface area contributed by atoms with Crippen LogP contribution in [0.15, 0.2) is 0 Å². The van der Waals surface area contributed by atoms with E-state index in [1.54, 1.807) is 0 Å². The van der Waals surface area contributed by atoms with Gasteiger partial charge in [-0.1, -0.05) is 27.7 Å². The van der Waals surface area contributed by atoms with Gasteiger partial charge in [0.15, 0.2) is 0 Å². The van der Waals surface area contributed by atoms with Crippen LogP contribution in [0.5, 0.6) is 0 Å². The number of carbonyl (C=O) groups is 1. The van der Waals surface area contributed by atoms with Gasteiger partial charge in [-0.25, -0.2) is 0 Å². The van der Waals surface area contributed by atoms with Crippen molar-refractivity contribution >= 4 is 5.97 Å². The second kappa shape index (κ2) is 8.48. The van der Waals surface area contributed by atoms with Gasteiger partial charge in [-0.2, -0.15) is 0 Å². The van der Waals surface area contributed by atoms with Gasteiger partial charge in [0, 0.05) is 19.1 Å². The summed E-state index contributed by atoms with van der Waals surface area (Å²) in [5.74, 6) is 0.241. The number of hydrogen-bond acceptors (Lipinski definition) is 4. The zero-order valence-electron chi connectivity index (χ0n) is 11.9. The van der Waals surface area contributed by atoms with Crippen molar-refractivity contribution < 1.29 is 9.53 Å². The lowest BCUT2D eigenvalue weighted by Crippen LogP contribution is -2.48. The van der Waals surface area contributed by atoms with Crippen LogP contribution in [-0.4, -0.2) is 43.2 Å². The molecule has 0 saturated heterocycles. The first kappa shape index (κ1) is 16.4. The van der Waals surface area contributed by atoms with E-state index in [1.165, 1.54) is 7.11 Å². The van der Waals surface area contributed by atoms with Crippen molar-refractivity contribution in [3.05, 3.63) is 0 Å². The number of ether oxygens (including phenoxy) is 1. The summed E-state index contributed by atoms with van der Waals surface area (Å²) in [6.45, 7) is 10.3. The minimum atomic E-state index is -0.542. The minimum Gasteiger partial charge on any atom is -0.468 e. The third-order valence-corrected chi connectivity index (χ3v) is 2.99. The van der Waals surface area contributed by atoms with Gasteiger partial charge in [0.1, 0.15) is 6.04 Å². The SMILES string of the molecule is CCC(CC)N(CC(C)C)CC(N)C(=O)OC. The highest BCUT2D eigenvalue weighted by Gasteiger charge is 2.22. The normalized spacial score (nSPS) is 13.5. The maximum atomic E-state index is 11.4. The van der Waals surface area contributed by atoms with E-state index in [0.29, 0.717) is 18.5 Å². The van der Waals surface area contributed by atoms with Gasteiger partial charge in [-0.05, 0) is 18.8 Å².